The van der Waals surface area contributed by atoms with Crippen molar-refractivity contribution in [1.82, 2.24) is 20.7 Å². The van der Waals surface area contributed by atoms with E-state index in [1.54, 1.807) is 0 Å². The summed E-state index contributed by atoms with van der Waals surface area (Å²) in [5.74, 6) is -2.52. The second-order valence-electron chi connectivity index (χ2n) is 3.46. The number of H-pyrrole nitrogens is 1. The van der Waals surface area contributed by atoms with Crippen LogP contribution in [0.4, 0.5) is 13.2 Å². The topological polar surface area (TPSA) is 97.0 Å². The average molecular weight is 280 g/mol. The van der Waals surface area contributed by atoms with Gasteiger partial charge in [-0.05, 0) is 6.92 Å². The van der Waals surface area contributed by atoms with E-state index in [1.807, 2.05) is 5.32 Å². The molecule has 0 radical (unpaired) electrons. The van der Waals surface area contributed by atoms with Gasteiger partial charge in [-0.25, -0.2) is 4.79 Å². The minimum atomic E-state index is -4.54. The van der Waals surface area contributed by atoms with E-state index in [0.717, 1.165) is 6.20 Å². The fourth-order valence-corrected chi connectivity index (χ4v) is 1.25. The normalized spacial score (nSPS) is 12.8. The van der Waals surface area contributed by atoms with Gasteiger partial charge in [0.15, 0.2) is 0 Å². The predicted molar refractivity (Wildman–Crippen MR) is 54.6 cm³/mol. The Kier molecular flexibility index (Phi) is 4.84. The summed E-state index contributed by atoms with van der Waals surface area (Å²) >= 11 is 0. The van der Waals surface area contributed by atoms with Gasteiger partial charge in [0, 0.05) is 0 Å². The van der Waals surface area contributed by atoms with Crippen LogP contribution in [0, 0.1) is 0 Å². The number of ether oxygens (including phenoxy) is 1. The molecular formula is C9H11F3N4O3. The molecule has 2 N–H and O–H groups in total. The molecule has 7 nitrogen and oxygen atoms in total. The lowest BCUT2D eigenvalue weighted by molar-refractivity contribution is -0.157. The number of alkyl halides is 3. The average Bonchev–Trinajstić information content (AvgIpc) is 2.79. The van der Waals surface area contributed by atoms with Crippen LogP contribution < -0.4 is 5.32 Å². The molecule has 1 aromatic heterocycles. The summed E-state index contributed by atoms with van der Waals surface area (Å²) in [4.78, 5) is 22.4. The van der Waals surface area contributed by atoms with Crippen LogP contribution in [-0.2, 0) is 14.3 Å². The van der Waals surface area contributed by atoms with Crippen LogP contribution in [0.1, 0.15) is 25.1 Å². The molecule has 0 bridgehead atoms. The molecule has 0 aliphatic carbocycles. The first-order valence-corrected chi connectivity index (χ1v) is 5.23. The van der Waals surface area contributed by atoms with Crippen molar-refractivity contribution in [2.45, 2.75) is 25.6 Å². The number of nitrogens with one attached hydrogen (secondary N) is 2. The number of hydrogen-bond donors (Lipinski definition) is 2. The lowest BCUT2D eigenvalue weighted by Crippen LogP contribution is -2.37. The van der Waals surface area contributed by atoms with Crippen molar-refractivity contribution in [1.29, 1.82) is 0 Å². The van der Waals surface area contributed by atoms with Crippen LogP contribution in [0.5, 0.6) is 0 Å². The maximum atomic E-state index is 12.4. The van der Waals surface area contributed by atoms with Crippen molar-refractivity contribution in [2.75, 3.05) is 6.61 Å². The molecular weight excluding hydrogens is 269 g/mol. The number of halogens is 3. The van der Waals surface area contributed by atoms with E-state index >= 15 is 0 Å². The molecule has 1 heterocycles. The number of carbonyl (C=O) groups excluding carboxylic acids is 2. The Labute approximate surface area is 105 Å². The molecule has 0 spiro atoms. The van der Waals surface area contributed by atoms with E-state index in [9.17, 15) is 22.8 Å². The van der Waals surface area contributed by atoms with Gasteiger partial charge < -0.3 is 10.1 Å². The van der Waals surface area contributed by atoms with Gasteiger partial charge in [0.25, 0.3) is 0 Å². The molecule has 0 aromatic carbocycles. The van der Waals surface area contributed by atoms with Crippen molar-refractivity contribution in [3.05, 3.63) is 11.9 Å². The molecule has 0 fully saturated rings. The molecule has 1 rings (SSSR count). The van der Waals surface area contributed by atoms with Crippen LogP contribution in [0.3, 0.4) is 0 Å². The molecule has 10 heteroatoms. The van der Waals surface area contributed by atoms with E-state index in [-0.39, 0.29) is 12.3 Å². The van der Waals surface area contributed by atoms with E-state index in [1.165, 1.54) is 6.92 Å². The maximum absolute atomic E-state index is 12.4. The highest BCUT2D eigenvalue weighted by Crippen LogP contribution is 2.28. The first kappa shape index (κ1) is 14.9. The highest BCUT2D eigenvalue weighted by Gasteiger charge is 2.35. The quantitative estimate of drug-likeness (QED) is 0.617. The first-order chi connectivity index (χ1) is 8.83. The Hall–Kier alpha value is -2.13. The summed E-state index contributed by atoms with van der Waals surface area (Å²) in [5, 5.41) is 10.8. The minimum Gasteiger partial charge on any atom is -0.459 e. The molecule has 0 aliphatic heterocycles. The molecule has 1 amide bonds. The van der Waals surface area contributed by atoms with E-state index < -0.39 is 30.5 Å². The Morgan fingerprint density at radius 3 is 2.68 bits per heavy atom. The summed E-state index contributed by atoms with van der Waals surface area (Å²) in [6.45, 7) is 1.41. The highest BCUT2D eigenvalue weighted by atomic mass is 19.4. The summed E-state index contributed by atoms with van der Waals surface area (Å²) in [6.07, 6.45) is -4.88. The zero-order valence-electron chi connectivity index (χ0n) is 9.82. The number of aromatic nitrogens is 3. The van der Waals surface area contributed by atoms with Crippen molar-refractivity contribution < 1.29 is 27.5 Å². The number of nitrogens with zero attached hydrogens (tertiary/aromatic N) is 2. The number of esters is 1. The van der Waals surface area contributed by atoms with Gasteiger partial charge in [0.2, 0.25) is 0 Å². The Bertz CT molecular complexity index is 432. The van der Waals surface area contributed by atoms with Gasteiger partial charge in [-0.15, -0.1) is 0 Å². The van der Waals surface area contributed by atoms with Gasteiger partial charge in [0.05, 0.1) is 25.3 Å². The van der Waals surface area contributed by atoms with Crippen LogP contribution in [0.25, 0.3) is 0 Å². The van der Waals surface area contributed by atoms with Gasteiger partial charge in [0.1, 0.15) is 5.69 Å². The van der Waals surface area contributed by atoms with Crippen molar-refractivity contribution >= 4 is 11.9 Å². The monoisotopic (exact) mass is 280 g/mol. The standard InChI is InChI=1S/C9H11F3N4O3/c1-2-19-8(18)7(17)14-5(3-9(10,11)12)6-4-13-16-15-6/h4-5H,2-3H2,1H3,(H,14,17)(H,13,15,16). The molecule has 1 aromatic rings. The van der Waals surface area contributed by atoms with Crippen molar-refractivity contribution in [3.63, 3.8) is 0 Å². The number of carbonyl (C=O) groups is 2. The highest BCUT2D eigenvalue weighted by molar-refractivity contribution is 6.32. The minimum absolute atomic E-state index is 0.0554. The van der Waals surface area contributed by atoms with Crippen LogP contribution in [0.2, 0.25) is 0 Å². The van der Waals surface area contributed by atoms with Gasteiger partial charge >= 0.3 is 18.1 Å². The predicted octanol–water partition coefficient (Wildman–Crippen LogP) is 0.477. The Balaban J connectivity index is 2.76. The van der Waals surface area contributed by atoms with Crippen LogP contribution in [-0.4, -0.2) is 40.1 Å². The third-order valence-electron chi connectivity index (χ3n) is 1.99. The molecule has 0 saturated heterocycles. The second kappa shape index (κ2) is 6.16. The van der Waals surface area contributed by atoms with Gasteiger partial charge in [-0.3, -0.25) is 4.79 Å². The number of hydrogen-bond acceptors (Lipinski definition) is 5. The van der Waals surface area contributed by atoms with Crippen LogP contribution >= 0.6 is 0 Å². The Morgan fingerprint density at radius 2 is 2.21 bits per heavy atom. The van der Waals surface area contributed by atoms with Gasteiger partial charge in [-0.2, -0.15) is 28.6 Å². The van der Waals surface area contributed by atoms with Crippen molar-refractivity contribution in [2.24, 2.45) is 0 Å². The lowest BCUT2D eigenvalue weighted by Gasteiger charge is -2.17. The number of rotatable bonds is 4. The zero-order chi connectivity index (χ0) is 14.5. The molecule has 19 heavy (non-hydrogen) atoms. The Morgan fingerprint density at radius 1 is 1.53 bits per heavy atom. The van der Waals surface area contributed by atoms with E-state index in [4.69, 9.17) is 0 Å². The fraction of sp³-hybridized carbons (Fsp3) is 0.556. The molecule has 106 valence electrons. The SMILES string of the molecule is CCOC(=O)C(=O)NC(CC(F)(F)F)c1cn[nH]n1. The summed E-state index contributed by atoms with van der Waals surface area (Å²) < 4.78 is 41.5. The lowest BCUT2D eigenvalue weighted by atomic mass is 10.1. The third kappa shape index (κ3) is 4.94. The maximum Gasteiger partial charge on any atom is 0.396 e. The summed E-state index contributed by atoms with van der Waals surface area (Å²) in [6, 6.07) is -1.50. The van der Waals surface area contributed by atoms with E-state index in [0.29, 0.717) is 0 Å². The third-order valence-corrected chi connectivity index (χ3v) is 1.99. The molecule has 0 saturated carbocycles. The van der Waals surface area contributed by atoms with E-state index in [2.05, 4.69) is 20.1 Å². The first-order valence-electron chi connectivity index (χ1n) is 5.23. The summed E-state index contributed by atoms with van der Waals surface area (Å²) in [5.41, 5.74) is -0.130. The fourth-order valence-electron chi connectivity index (χ4n) is 1.25. The van der Waals surface area contributed by atoms with Crippen molar-refractivity contribution in [3.8, 4) is 0 Å². The largest absolute Gasteiger partial charge is 0.459 e. The molecule has 1 unspecified atom stereocenters. The smallest absolute Gasteiger partial charge is 0.396 e. The molecule has 1 atom stereocenters. The van der Waals surface area contributed by atoms with Crippen LogP contribution in [0.15, 0.2) is 6.20 Å². The second-order valence-corrected chi connectivity index (χ2v) is 3.46. The van der Waals surface area contributed by atoms with Gasteiger partial charge in [-0.1, -0.05) is 0 Å². The number of amides is 1. The summed E-state index contributed by atoms with van der Waals surface area (Å²) in [7, 11) is 0. The number of aromatic amines is 1. The zero-order valence-corrected chi connectivity index (χ0v) is 9.82. The molecule has 0 aliphatic rings.